The summed E-state index contributed by atoms with van der Waals surface area (Å²) in [6, 6.07) is 20.7. The lowest BCUT2D eigenvalue weighted by Gasteiger charge is -2.19. The molecule has 1 aliphatic heterocycles. The van der Waals surface area contributed by atoms with Crippen LogP contribution < -0.4 is 19.7 Å². The standard InChI is InChI=1S/C27H21Cl2N3O4S/c1-35-20-9-7-19(8-10-20)32-26(34)24(13-16-11-17(28)14-18(29)12-16)37-27(32)21(15-30)25(33)31-22-5-3-4-6-23(22)36-2/h3-12,14,24H,13H2,1-2H3,(H,31,33)/b27-21-. The van der Waals surface area contributed by atoms with Gasteiger partial charge in [-0.05, 0) is 66.6 Å². The Hall–Kier alpha value is -3.64. The van der Waals surface area contributed by atoms with E-state index >= 15 is 0 Å². The van der Waals surface area contributed by atoms with Gasteiger partial charge >= 0.3 is 0 Å². The van der Waals surface area contributed by atoms with E-state index in [1.165, 1.54) is 12.0 Å². The molecule has 0 saturated carbocycles. The fourth-order valence-electron chi connectivity index (χ4n) is 3.83. The van der Waals surface area contributed by atoms with Crippen LogP contribution in [0.4, 0.5) is 11.4 Å². The minimum atomic E-state index is -0.660. The lowest BCUT2D eigenvalue weighted by Crippen LogP contribution is -2.31. The maximum Gasteiger partial charge on any atom is 0.269 e. The largest absolute Gasteiger partial charge is 0.497 e. The molecular formula is C27H21Cl2N3O4S. The predicted octanol–water partition coefficient (Wildman–Crippen LogP) is 6.08. The summed E-state index contributed by atoms with van der Waals surface area (Å²) >= 11 is 13.5. The third-order valence-electron chi connectivity index (χ3n) is 5.53. The molecule has 0 spiro atoms. The SMILES string of the molecule is COc1ccc(N2C(=O)C(Cc3cc(Cl)cc(Cl)c3)S/C2=C(/C#N)C(=O)Nc2ccccc2OC)cc1. The Kier molecular flexibility index (Phi) is 8.29. The molecule has 2 amide bonds. The number of ether oxygens (including phenoxy) is 2. The van der Waals surface area contributed by atoms with Gasteiger partial charge < -0.3 is 14.8 Å². The van der Waals surface area contributed by atoms with E-state index in [9.17, 15) is 14.9 Å². The highest BCUT2D eigenvalue weighted by molar-refractivity contribution is 8.05. The number of methoxy groups -OCH3 is 2. The summed E-state index contributed by atoms with van der Waals surface area (Å²) in [5.41, 5.74) is 1.46. The maximum atomic E-state index is 13.7. The van der Waals surface area contributed by atoms with E-state index in [0.29, 0.717) is 39.3 Å². The summed E-state index contributed by atoms with van der Waals surface area (Å²) in [6.07, 6.45) is 0.298. The molecule has 0 aromatic heterocycles. The van der Waals surface area contributed by atoms with Crippen LogP contribution in [-0.2, 0) is 16.0 Å². The van der Waals surface area contributed by atoms with E-state index in [-0.39, 0.29) is 16.5 Å². The van der Waals surface area contributed by atoms with Crippen LogP contribution in [0.3, 0.4) is 0 Å². The van der Waals surface area contributed by atoms with Crippen molar-refractivity contribution < 1.29 is 19.1 Å². The highest BCUT2D eigenvalue weighted by Gasteiger charge is 2.41. The molecule has 1 saturated heterocycles. The first-order valence-electron chi connectivity index (χ1n) is 11.0. The zero-order valence-corrected chi connectivity index (χ0v) is 22.2. The Morgan fingerprint density at radius 1 is 1.05 bits per heavy atom. The second-order valence-electron chi connectivity index (χ2n) is 7.91. The predicted molar refractivity (Wildman–Crippen MR) is 146 cm³/mol. The zero-order chi connectivity index (χ0) is 26.5. The molecule has 1 aliphatic rings. The van der Waals surface area contributed by atoms with Crippen LogP contribution in [0.1, 0.15) is 5.56 Å². The Labute approximate surface area is 228 Å². The first-order valence-corrected chi connectivity index (χ1v) is 12.7. The number of hydrogen-bond acceptors (Lipinski definition) is 6. The third kappa shape index (κ3) is 5.86. The summed E-state index contributed by atoms with van der Waals surface area (Å²) in [7, 11) is 3.03. The average molecular weight is 554 g/mol. The van der Waals surface area contributed by atoms with Gasteiger partial charge in [0.15, 0.2) is 0 Å². The number of hydrogen-bond donors (Lipinski definition) is 1. The van der Waals surface area contributed by atoms with Gasteiger partial charge in [-0.2, -0.15) is 5.26 Å². The van der Waals surface area contributed by atoms with Gasteiger partial charge in [-0.1, -0.05) is 47.1 Å². The second-order valence-corrected chi connectivity index (χ2v) is 9.97. The summed E-state index contributed by atoms with van der Waals surface area (Å²) < 4.78 is 10.5. The van der Waals surface area contributed by atoms with Crippen LogP contribution in [0.15, 0.2) is 77.3 Å². The minimum absolute atomic E-state index is 0.202. The second kappa shape index (κ2) is 11.6. The number of para-hydroxylation sites is 2. The van der Waals surface area contributed by atoms with Gasteiger partial charge in [0.05, 0.1) is 25.2 Å². The lowest BCUT2D eigenvalue weighted by molar-refractivity contribution is -0.117. The Morgan fingerprint density at radius 3 is 2.35 bits per heavy atom. The quantitative estimate of drug-likeness (QED) is 0.281. The van der Waals surface area contributed by atoms with Crippen molar-refractivity contribution in [3.8, 4) is 17.6 Å². The number of nitriles is 1. The van der Waals surface area contributed by atoms with Crippen molar-refractivity contribution in [2.45, 2.75) is 11.7 Å². The van der Waals surface area contributed by atoms with Crippen LogP contribution in [0.5, 0.6) is 11.5 Å². The van der Waals surface area contributed by atoms with E-state index in [0.717, 1.165) is 17.3 Å². The van der Waals surface area contributed by atoms with Gasteiger partial charge in [-0.25, -0.2) is 0 Å². The van der Waals surface area contributed by atoms with Crippen LogP contribution >= 0.6 is 35.0 Å². The summed E-state index contributed by atoms with van der Waals surface area (Å²) in [4.78, 5) is 28.3. The van der Waals surface area contributed by atoms with Gasteiger partial charge in [-0.15, -0.1) is 0 Å². The molecule has 4 rings (SSSR count). The van der Waals surface area contributed by atoms with Crippen molar-refractivity contribution in [3.63, 3.8) is 0 Å². The molecule has 1 heterocycles. The topological polar surface area (TPSA) is 91.7 Å². The smallest absolute Gasteiger partial charge is 0.269 e. The Bertz CT molecular complexity index is 1400. The van der Waals surface area contributed by atoms with Gasteiger partial charge in [0.1, 0.15) is 28.2 Å². The van der Waals surface area contributed by atoms with E-state index in [4.69, 9.17) is 32.7 Å². The van der Waals surface area contributed by atoms with Crippen LogP contribution in [0.25, 0.3) is 0 Å². The molecule has 1 N–H and O–H groups in total. The van der Waals surface area contributed by atoms with Crippen molar-refractivity contribution in [2.24, 2.45) is 0 Å². The zero-order valence-electron chi connectivity index (χ0n) is 19.8. The Balaban J connectivity index is 1.75. The number of thioether (sulfide) groups is 1. The average Bonchev–Trinajstić information content (AvgIpc) is 3.19. The highest BCUT2D eigenvalue weighted by Crippen LogP contribution is 2.43. The number of amides is 2. The fraction of sp³-hybridized carbons (Fsp3) is 0.148. The third-order valence-corrected chi connectivity index (χ3v) is 7.23. The van der Waals surface area contributed by atoms with E-state index in [1.54, 1.807) is 73.8 Å². The molecule has 0 radical (unpaired) electrons. The molecule has 1 atom stereocenters. The highest BCUT2D eigenvalue weighted by atomic mass is 35.5. The molecular weight excluding hydrogens is 533 g/mol. The van der Waals surface area contributed by atoms with Gasteiger partial charge in [0, 0.05) is 15.7 Å². The first kappa shape index (κ1) is 26.4. The van der Waals surface area contributed by atoms with Crippen molar-refractivity contribution in [1.82, 2.24) is 0 Å². The number of halogens is 2. The van der Waals surface area contributed by atoms with Crippen molar-refractivity contribution >= 4 is 58.2 Å². The van der Waals surface area contributed by atoms with Crippen molar-refractivity contribution in [1.29, 1.82) is 5.26 Å². The van der Waals surface area contributed by atoms with Gasteiger partial charge in [0.2, 0.25) is 5.91 Å². The van der Waals surface area contributed by atoms with Crippen molar-refractivity contribution in [3.05, 3.63) is 92.9 Å². The van der Waals surface area contributed by atoms with Crippen LogP contribution in [0.2, 0.25) is 10.0 Å². The first-order chi connectivity index (χ1) is 17.8. The maximum absolute atomic E-state index is 13.7. The number of nitrogens with one attached hydrogen (secondary N) is 1. The molecule has 3 aromatic rings. The molecule has 10 heteroatoms. The number of rotatable bonds is 7. The molecule has 37 heavy (non-hydrogen) atoms. The molecule has 3 aromatic carbocycles. The normalized spacial score (nSPS) is 16.2. The van der Waals surface area contributed by atoms with Gasteiger partial charge in [-0.3, -0.25) is 14.5 Å². The molecule has 7 nitrogen and oxygen atoms in total. The number of anilines is 2. The van der Waals surface area contributed by atoms with Gasteiger partial charge in [0.25, 0.3) is 5.91 Å². The van der Waals surface area contributed by atoms with E-state index in [1.807, 2.05) is 6.07 Å². The molecule has 1 fully saturated rings. The number of nitrogens with zero attached hydrogens (tertiary/aromatic N) is 2. The Morgan fingerprint density at radius 2 is 1.73 bits per heavy atom. The molecule has 1 unspecified atom stereocenters. The summed E-state index contributed by atoms with van der Waals surface area (Å²) in [5, 5.41) is 13.3. The number of carbonyl (C=O) groups is 2. The van der Waals surface area contributed by atoms with Crippen molar-refractivity contribution in [2.75, 3.05) is 24.4 Å². The number of carbonyl (C=O) groups excluding carboxylic acids is 2. The summed E-state index contributed by atoms with van der Waals surface area (Å²) in [5.74, 6) is 0.107. The van der Waals surface area contributed by atoms with E-state index in [2.05, 4.69) is 5.32 Å². The minimum Gasteiger partial charge on any atom is -0.497 e. The lowest BCUT2D eigenvalue weighted by atomic mass is 10.1. The number of benzene rings is 3. The molecule has 0 bridgehead atoms. The monoisotopic (exact) mass is 553 g/mol. The van der Waals surface area contributed by atoms with E-state index < -0.39 is 11.2 Å². The summed E-state index contributed by atoms with van der Waals surface area (Å²) in [6.45, 7) is 0. The van der Waals surface area contributed by atoms with Crippen LogP contribution in [-0.4, -0.2) is 31.3 Å². The molecule has 188 valence electrons. The fourth-order valence-corrected chi connectivity index (χ4v) is 5.71. The van der Waals surface area contributed by atoms with Crippen LogP contribution in [0, 0.1) is 11.3 Å². The molecule has 0 aliphatic carbocycles.